The van der Waals surface area contributed by atoms with Crippen LogP contribution in [0.1, 0.15) is 252 Å². The smallest absolute Gasteiger partial charge is 0.306 e. The summed E-state index contributed by atoms with van der Waals surface area (Å²) in [7, 11) is 0. The lowest BCUT2D eigenvalue weighted by Gasteiger charge is -2.18. The van der Waals surface area contributed by atoms with E-state index in [1.54, 1.807) is 0 Å². The van der Waals surface area contributed by atoms with Crippen LogP contribution in [0.3, 0.4) is 0 Å². The summed E-state index contributed by atoms with van der Waals surface area (Å²) in [5.74, 6) is -0.929. The standard InChI is InChI=1S/C57H98O6/c1-4-7-10-13-16-19-22-25-27-28-30-32-35-38-41-44-47-50-56(59)62-53-54(52-61-55(58)49-46-43-40-37-34-31-24-21-18-15-12-9-6-3)63-57(60)51-48-45-42-39-36-33-29-26-23-20-17-14-11-8-5-2/h7,10,16,19,21,24-27,29-30,32,54H,4-6,8-9,11-15,17-18,20,22-23,28,31,33-53H2,1-3H3/b10-7-,19-16-,24-21-,27-25-,29-26-,32-30-. The quantitative estimate of drug-likeness (QED) is 0.0262. The van der Waals surface area contributed by atoms with Gasteiger partial charge in [-0.2, -0.15) is 0 Å². The molecule has 0 rings (SSSR count). The van der Waals surface area contributed by atoms with Crippen molar-refractivity contribution in [1.82, 2.24) is 0 Å². The van der Waals surface area contributed by atoms with E-state index in [0.717, 1.165) is 116 Å². The summed E-state index contributed by atoms with van der Waals surface area (Å²) in [6.07, 6.45) is 64.5. The zero-order valence-electron chi connectivity index (χ0n) is 41.3. The van der Waals surface area contributed by atoms with Crippen molar-refractivity contribution in [2.24, 2.45) is 0 Å². The summed E-state index contributed by atoms with van der Waals surface area (Å²) in [5, 5.41) is 0. The van der Waals surface area contributed by atoms with Crippen LogP contribution in [0, 0.1) is 0 Å². The van der Waals surface area contributed by atoms with Crippen molar-refractivity contribution in [2.45, 2.75) is 258 Å². The Balaban J connectivity index is 4.45. The number of ether oxygens (including phenoxy) is 3. The summed E-state index contributed by atoms with van der Waals surface area (Å²) in [5.41, 5.74) is 0. The van der Waals surface area contributed by atoms with E-state index in [0.29, 0.717) is 19.3 Å². The summed E-state index contributed by atoms with van der Waals surface area (Å²) < 4.78 is 16.8. The van der Waals surface area contributed by atoms with Crippen LogP contribution in [0.15, 0.2) is 72.9 Å². The Morgan fingerprint density at radius 2 is 0.619 bits per heavy atom. The minimum Gasteiger partial charge on any atom is -0.462 e. The third-order valence-corrected chi connectivity index (χ3v) is 11.2. The molecule has 0 aromatic heterocycles. The monoisotopic (exact) mass is 879 g/mol. The number of carbonyl (C=O) groups is 3. The van der Waals surface area contributed by atoms with Gasteiger partial charge >= 0.3 is 17.9 Å². The second kappa shape index (κ2) is 51.5. The molecule has 0 amide bonds. The molecule has 0 spiro atoms. The average Bonchev–Trinajstić information content (AvgIpc) is 3.28. The van der Waals surface area contributed by atoms with Crippen LogP contribution in [0.2, 0.25) is 0 Å². The number of allylic oxidation sites excluding steroid dienone is 12. The molecular weight excluding hydrogens is 781 g/mol. The lowest BCUT2D eigenvalue weighted by Crippen LogP contribution is -2.30. The zero-order valence-corrected chi connectivity index (χ0v) is 41.3. The molecule has 6 heteroatoms. The normalized spacial score (nSPS) is 12.6. The molecule has 0 bridgehead atoms. The number of rotatable bonds is 47. The number of esters is 3. The molecule has 0 fully saturated rings. The van der Waals surface area contributed by atoms with Crippen molar-refractivity contribution in [3.8, 4) is 0 Å². The van der Waals surface area contributed by atoms with E-state index in [9.17, 15) is 14.4 Å². The fourth-order valence-electron chi connectivity index (χ4n) is 7.19. The molecule has 0 saturated heterocycles. The molecular formula is C57H98O6. The Hall–Kier alpha value is -3.15. The molecule has 0 aliphatic carbocycles. The maximum Gasteiger partial charge on any atom is 0.306 e. The lowest BCUT2D eigenvalue weighted by molar-refractivity contribution is -0.167. The first-order chi connectivity index (χ1) is 31.0. The molecule has 6 nitrogen and oxygen atoms in total. The molecule has 0 saturated carbocycles. The van der Waals surface area contributed by atoms with Crippen LogP contribution in [0.4, 0.5) is 0 Å². The molecule has 0 N–H and O–H groups in total. The third-order valence-electron chi connectivity index (χ3n) is 11.2. The van der Waals surface area contributed by atoms with Crippen molar-refractivity contribution >= 4 is 17.9 Å². The van der Waals surface area contributed by atoms with Gasteiger partial charge in [-0.25, -0.2) is 0 Å². The second-order valence-corrected chi connectivity index (χ2v) is 17.4. The molecule has 0 heterocycles. The summed E-state index contributed by atoms with van der Waals surface area (Å²) in [4.78, 5) is 38.0. The zero-order chi connectivity index (χ0) is 45.8. The summed E-state index contributed by atoms with van der Waals surface area (Å²) in [6.45, 7) is 6.47. The van der Waals surface area contributed by atoms with Crippen LogP contribution < -0.4 is 0 Å². The van der Waals surface area contributed by atoms with Crippen molar-refractivity contribution in [3.05, 3.63) is 72.9 Å². The maximum atomic E-state index is 12.8. The first kappa shape index (κ1) is 59.9. The predicted octanol–water partition coefficient (Wildman–Crippen LogP) is 17.4. The Morgan fingerprint density at radius 1 is 0.333 bits per heavy atom. The second-order valence-electron chi connectivity index (χ2n) is 17.4. The Morgan fingerprint density at radius 3 is 1.00 bits per heavy atom. The first-order valence-electron chi connectivity index (χ1n) is 26.4. The SMILES string of the molecule is CC/C=C\C/C=C\C/C=C\C/C=C\CCCCCCC(=O)OCC(COC(=O)CCCCCCC/C=C\CCCCCC)OC(=O)CCCCCCC/C=C\CCCCCCCC. The van der Waals surface area contributed by atoms with Gasteiger partial charge < -0.3 is 14.2 Å². The van der Waals surface area contributed by atoms with Gasteiger partial charge in [-0.1, -0.05) is 196 Å². The first-order valence-corrected chi connectivity index (χ1v) is 26.4. The Bertz CT molecular complexity index is 1190. The largest absolute Gasteiger partial charge is 0.462 e. The van der Waals surface area contributed by atoms with Gasteiger partial charge in [0, 0.05) is 19.3 Å². The highest BCUT2D eigenvalue weighted by Gasteiger charge is 2.19. The van der Waals surface area contributed by atoms with Crippen molar-refractivity contribution < 1.29 is 28.6 Å². The number of carbonyl (C=O) groups excluding carboxylic acids is 3. The van der Waals surface area contributed by atoms with Gasteiger partial charge in [0.1, 0.15) is 13.2 Å². The summed E-state index contributed by atoms with van der Waals surface area (Å²) in [6, 6.07) is 0. The van der Waals surface area contributed by atoms with Gasteiger partial charge in [0.25, 0.3) is 0 Å². The number of hydrogen-bond acceptors (Lipinski definition) is 6. The summed E-state index contributed by atoms with van der Waals surface area (Å²) >= 11 is 0. The van der Waals surface area contributed by atoms with Crippen LogP contribution in [-0.2, 0) is 28.6 Å². The van der Waals surface area contributed by atoms with E-state index in [-0.39, 0.29) is 31.1 Å². The van der Waals surface area contributed by atoms with Crippen molar-refractivity contribution in [1.29, 1.82) is 0 Å². The van der Waals surface area contributed by atoms with Gasteiger partial charge in [0.15, 0.2) is 6.10 Å². The molecule has 63 heavy (non-hydrogen) atoms. The molecule has 0 aliphatic heterocycles. The van der Waals surface area contributed by atoms with E-state index < -0.39 is 6.10 Å². The highest BCUT2D eigenvalue weighted by Crippen LogP contribution is 2.14. The predicted molar refractivity (Wildman–Crippen MR) is 270 cm³/mol. The van der Waals surface area contributed by atoms with Gasteiger partial charge in [0.05, 0.1) is 0 Å². The Kier molecular flexibility index (Phi) is 48.9. The van der Waals surface area contributed by atoms with Crippen LogP contribution in [0.5, 0.6) is 0 Å². The van der Waals surface area contributed by atoms with Crippen molar-refractivity contribution in [2.75, 3.05) is 13.2 Å². The minimum atomic E-state index is -0.792. The van der Waals surface area contributed by atoms with Crippen LogP contribution >= 0.6 is 0 Å². The molecule has 0 aliphatic rings. The molecule has 0 radical (unpaired) electrons. The van der Waals surface area contributed by atoms with Gasteiger partial charge in [-0.05, 0) is 109 Å². The van der Waals surface area contributed by atoms with Crippen molar-refractivity contribution in [3.63, 3.8) is 0 Å². The van der Waals surface area contributed by atoms with Crippen LogP contribution in [-0.4, -0.2) is 37.2 Å². The van der Waals surface area contributed by atoms with E-state index in [1.165, 1.54) is 96.3 Å². The van der Waals surface area contributed by atoms with Gasteiger partial charge in [-0.15, -0.1) is 0 Å². The molecule has 362 valence electrons. The van der Waals surface area contributed by atoms with Crippen LogP contribution in [0.25, 0.3) is 0 Å². The van der Waals surface area contributed by atoms with E-state index in [2.05, 4.69) is 93.7 Å². The lowest BCUT2D eigenvalue weighted by atomic mass is 10.1. The molecule has 1 atom stereocenters. The average molecular weight is 879 g/mol. The maximum absolute atomic E-state index is 12.8. The minimum absolute atomic E-state index is 0.0910. The fraction of sp³-hybridized carbons (Fsp3) is 0.737. The molecule has 0 aromatic rings. The van der Waals surface area contributed by atoms with E-state index in [4.69, 9.17) is 14.2 Å². The number of hydrogen-bond donors (Lipinski definition) is 0. The highest BCUT2D eigenvalue weighted by atomic mass is 16.6. The third kappa shape index (κ3) is 49.7. The van der Waals surface area contributed by atoms with Gasteiger partial charge in [0.2, 0.25) is 0 Å². The molecule has 1 unspecified atom stereocenters. The fourth-order valence-corrected chi connectivity index (χ4v) is 7.19. The highest BCUT2D eigenvalue weighted by molar-refractivity contribution is 5.71. The van der Waals surface area contributed by atoms with Gasteiger partial charge in [-0.3, -0.25) is 14.4 Å². The Labute approximate surface area is 389 Å². The van der Waals surface area contributed by atoms with E-state index >= 15 is 0 Å². The molecule has 0 aromatic carbocycles. The van der Waals surface area contributed by atoms with E-state index in [1.807, 2.05) is 0 Å². The number of unbranched alkanes of at least 4 members (excludes halogenated alkanes) is 24. The topological polar surface area (TPSA) is 78.9 Å².